The molecule has 0 spiro atoms. The van der Waals surface area contributed by atoms with Gasteiger partial charge in [0.05, 0.1) is 5.69 Å². The summed E-state index contributed by atoms with van der Waals surface area (Å²) in [6, 6.07) is 2.23. The summed E-state index contributed by atoms with van der Waals surface area (Å²) in [4.78, 5) is 14.4. The maximum absolute atomic E-state index is 12.4. The van der Waals surface area contributed by atoms with E-state index >= 15 is 0 Å². The minimum Gasteiger partial charge on any atom is -0.397 e. The average molecular weight is 235 g/mol. The Morgan fingerprint density at radius 3 is 2.76 bits per heavy atom. The lowest BCUT2D eigenvalue weighted by atomic mass is 10.2. The number of anilines is 1. The Balaban J connectivity index is 2.12. The number of aryl methyl sites for hydroxylation is 1. The zero-order chi connectivity index (χ0) is 12.4. The monoisotopic (exact) mass is 235 g/mol. The highest BCUT2D eigenvalue weighted by Gasteiger charge is 2.33. The van der Waals surface area contributed by atoms with Crippen LogP contribution in [0.25, 0.3) is 0 Å². The quantitative estimate of drug-likeness (QED) is 0.848. The van der Waals surface area contributed by atoms with Crippen LogP contribution >= 0.6 is 0 Å². The van der Waals surface area contributed by atoms with Crippen molar-refractivity contribution in [3.63, 3.8) is 0 Å². The van der Waals surface area contributed by atoms with Gasteiger partial charge in [0, 0.05) is 25.8 Å². The van der Waals surface area contributed by atoms with Gasteiger partial charge in [0.1, 0.15) is 5.69 Å². The Hall–Kier alpha value is -1.45. The lowest BCUT2D eigenvalue weighted by Gasteiger charge is -2.22. The fourth-order valence-electron chi connectivity index (χ4n) is 2.11. The van der Waals surface area contributed by atoms with Crippen molar-refractivity contribution in [2.24, 2.45) is 7.05 Å². The number of amides is 1. The molecule has 1 saturated carbocycles. The lowest BCUT2D eigenvalue weighted by molar-refractivity contribution is 0.0731. The van der Waals surface area contributed by atoms with Crippen molar-refractivity contribution < 1.29 is 4.79 Å². The number of unbranched alkanes of at least 4 members (excludes halogenated alkanes) is 1. The van der Waals surface area contributed by atoms with E-state index in [2.05, 4.69) is 6.92 Å². The Morgan fingerprint density at radius 1 is 1.59 bits per heavy atom. The zero-order valence-electron chi connectivity index (χ0n) is 10.6. The predicted molar refractivity (Wildman–Crippen MR) is 68.8 cm³/mol. The van der Waals surface area contributed by atoms with Crippen LogP contribution in [-0.4, -0.2) is 28.0 Å². The Bertz CT molecular complexity index is 407. The molecular formula is C13H21N3O. The minimum absolute atomic E-state index is 0.125. The van der Waals surface area contributed by atoms with Gasteiger partial charge in [-0.2, -0.15) is 0 Å². The van der Waals surface area contributed by atoms with Crippen LogP contribution in [0.15, 0.2) is 12.3 Å². The second-order valence-corrected chi connectivity index (χ2v) is 4.85. The number of carbonyl (C=O) groups is 1. The summed E-state index contributed by atoms with van der Waals surface area (Å²) in [5.74, 6) is 0.125. The SMILES string of the molecule is CCCCN(C(=O)c1cc(N)cn1C)C1CC1. The topological polar surface area (TPSA) is 51.3 Å². The maximum atomic E-state index is 12.4. The molecule has 2 N–H and O–H groups in total. The van der Waals surface area contributed by atoms with Gasteiger partial charge in [-0.25, -0.2) is 0 Å². The fourth-order valence-corrected chi connectivity index (χ4v) is 2.11. The van der Waals surface area contributed by atoms with Gasteiger partial charge in [-0.3, -0.25) is 4.79 Å². The highest BCUT2D eigenvalue weighted by Crippen LogP contribution is 2.29. The molecule has 2 rings (SSSR count). The van der Waals surface area contributed by atoms with Crippen molar-refractivity contribution in [1.29, 1.82) is 0 Å². The number of carbonyl (C=O) groups excluding carboxylic acids is 1. The maximum Gasteiger partial charge on any atom is 0.270 e. The molecule has 0 aliphatic heterocycles. The van der Waals surface area contributed by atoms with Crippen LogP contribution in [0, 0.1) is 0 Å². The molecular weight excluding hydrogens is 214 g/mol. The zero-order valence-corrected chi connectivity index (χ0v) is 10.6. The molecule has 1 heterocycles. The standard InChI is InChI=1S/C13H21N3O/c1-3-4-7-16(11-5-6-11)13(17)12-8-10(14)9-15(12)2/h8-9,11H,3-7,14H2,1-2H3. The summed E-state index contributed by atoms with van der Waals surface area (Å²) in [6.07, 6.45) is 6.27. The molecule has 4 heteroatoms. The Labute approximate surface area is 102 Å². The molecule has 1 aliphatic carbocycles. The van der Waals surface area contributed by atoms with E-state index in [1.54, 1.807) is 12.3 Å². The van der Waals surface area contributed by atoms with Gasteiger partial charge in [-0.15, -0.1) is 0 Å². The van der Waals surface area contributed by atoms with E-state index in [9.17, 15) is 4.79 Å². The van der Waals surface area contributed by atoms with Gasteiger partial charge in [0.25, 0.3) is 5.91 Å². The van der Waals surface area contributed by atoms with Crippen molar-refractivity contribution in [1.82, 2.24) is 9.47 Å². The largest absolute Gasteiger partial charge is 0.397 e. The first-order chi connectivity index (χ1) is 8.13. The van der Waals surface area contributed by atoms with Gasteiger partial charge in [0.2, 0.25) is 0 Å². The smallest absolute Gasteiger partial charge is 0.270 e. The van der Waals surface area contributed by atoms with Gasteiger partial charge in [-0.1, -0.05) is 13.3 Å². The molecule has 1 amide bonds. The summed E-state index contributed by atoms with van der Waals surface area (Å²) in [5.41, 5.74) is 7.07. The molecule has 0 saturated heterocycles. The van der Waals surface area contributed by atoms with Crippen molar-refractivity contribution in [2.45, 2.75) is 38.6 Å². The van der Waals surface area contributed by atoms with Crippen LogP contribution in [0.3, 0.4) is 0 Å². The van der Waals surface area contributed by atoms with Crippen molar-refractivity contribution in [3.8, 4) is 0 Å². The van der Waals surface area contributed by atoms with Gasteiger partial charge < -0.3 is 15.2 Å². The van der Waals surface area contributed by atoms with E-state index in [-0.39, 0.29) is 5.91 Å². The third kappa shape index (κ3) is 2.62. The third-order valence-corrected chi connectivity index (χ3v) is 3.25. The second-order valence-electron chi connectivity index (χ2n) is 4.85. The van der Waals surface area contributed by atoms with Crippen LogP contribution in [-0.2, 0) is 7.05 Å². The average Bonchev–Trinajstić information content (AvgIpc) is 3.05. The van der Waals surface area contributed by atoms with Crippen LogP contribution in [0.2, 0.25) is 0 Å². The fraction of sp³-hybridized carbons (Fsp3) is 0.615. The summed E-state index contributed by atoms with van der Waals surface area (Å²) < 4.78 is 1.82. The molecule has 4 nitrogen and oxygen atoms in total. The Morgan fingerprint density at radius 2 is 2.29 bits per heavy atom. The number of hydrogen-bond donors (Lipinski definition) is 1. The summed E-state index contributed by atoms with van der Waals surface area (Å²) in [7, 11) is 1.87. The Kier molecular flexibility index (Phi) is 3.41. The van der Waals surface area contributed by atoms with Crippen LogP contribution in [0.4, 0.5) is 5.69 Å². The summed E-state index contributed by atoms with van der Waals surface area (Å²) >= 11 is 0. The van der Waals surface area contributed by atoms with Crippen molar-refractivity contribution in [2.75, 3.05) is 12.3 Å². The number of aromatic nitrogens is 1. The molecule has 17 heavy (non-hydrogen) atoms. The van der Waals surface area contributed by atoms with E-state index in [1.165, 1.54) is 0 Å². The molecule has 94 valence electrons. The lowest BCUT2D eigenvalue weighted by Crippen LogP contribution is -2.35. The minimum atomic E-state index is 0.125. The van der Waals surface area contributed by atoms with E-state index in [0.717, 1.165) is 32.2 Å². The van der Waals surface area contributed by atoms with Crippen LogP contribution in [0.5, 0.6) is 0 Å². The normalized spacial score (nSPS) is 14.9. The van der Waals surface area contributed by atoms with Crippen molar-refractivity contribution in [3.05, 3.63) is 18.0 Å². The molecule has 0 aromatic carbocycles. The number of rotatable bonds is 5. The first-order valence-electron chi connectivity index (χ1n) is 6.36. The van der Waals surface area contributed by atoms with Gasteiger partial charge in [-0.05, 0) is 25.3 Å². The van der Waals surface area contributed by atoms with Gasteiger partial charge >= 0.3 is 0 Å². The number of nitrogens with two attached hydrogens (primary N) is 1. The van der Waals surface area contributed by atoms with Crippen LogP contribution < -0.4 is 5.73 Å². The van der Waals surface area contributed by atoms with E-state index in [0.29, 0.717) is 17.4 Å². The highest BCUT2D eigenvalue weighted by molar-refractivity contribution is 5.94. The first-order valence-corrected chi connectivity index (χ1v) is 6.36. The van der Waals surface area contributed by atoms with E-state index in [4.69, 9.17) is 5.73 Å². The predicted octanol–water partition coefficient (Wildman–Crippen LogP) is 2.01. The van der Waals surface area contributed by atoms with Gasteiger partial charge in [0.15, 0.2) is 0 Å². The van der Waals surface area contributed by atoms with Crippen LogP contribution in [0.1, 0.15) is 43.1 Å². The summed E-state index contributed by atoms with van der Waals surface area (Å²) in [6.45, 7) is 3.02. The molecule has 1 aromatic heterocycles. The first kappa shape index (κ1) is 12.0. The van der Waals surface area contributed by atoms with E-state index in [1.807, 2.05) is 16.5 Å². The molecule has 0 radical (unpaired) electrons. The number of nitrogens with zero attached hydrogens (tertiary/aromatic N) is 2. The molecule has 1 fully saturated rings. The third-order valence-electron chi connectivity index (χ3n) is 3.25. The molecule has 1 aromatic rings. The number of nitrogen functional groups attached to an aromatic ring is 1. The molecule has 1 aliphatic rings. The molecule has 0 unspecified atom stereocenters. The highest BCUT2D eigenvalue weighted by atomic mass is 16.2. The summed E-state index contributed by atoms with van der Waals surface area (Å²) in [5, 5.41) is 0. The number of hydrogen-bond acceptors (Lipinski definition) is 2. The van der Waals surface area contributed by atoms with E-state index < -0.39 is 0 Å². The second kappa shape index (κ2) is 4.82. The molecule has 0 atom stereocenters. The van der Waals surface area contributed by atoms with Crippen molar-refractivity contribution >= 4 is 11.6 Å². The molecule has 0 bridgehead atoms.